The maximum absolute atomic E-state index is 12.1. The van der Waals surface area contributed by atoms with Gasteiger partial charge in [0, 0.05) is 51.7 Å². The van der Waals surface area contributed by atoms with Gasteiger partial charge in [0.2, 0.25) is 0 Å². The summed E-state index contributed by atoms with van der Waals surface area (Å²) in [7, 11) is 2.18. The predicted molar refractivity (Wildman–Crippen MR) is 113 cm³/mol. The number of para-hydroxylation sites is 1. The molecule has 0 bridgehead atoms. The number of carbonyl (C=O) groups excluding carboxylic acids is 1. The van der Waals surface area contributed by atoms with Crippen LogP contribution in [0.5, 0.6) is 0 Å². The molecule has 2 aliphatic rings. The highest BCUT2D eigenvalue weighted by Crippen LogP contribution is 2.29. The van der Waals surface area contributed by atoms with Gasteiger partial charge in [0.15, 0.2) is 0 Å². The SMILES string of the molecule is CC(C)CCc1nc2c(N3CCN(C4CN(C)C4)CC3)cccc2n1C(N)=O. The van der Waals surface area contributed by atoms with E-state index in [-0.39, 0.29) is 0 Å². The van der Waals surface area contributed by atoms with E-state index in [4.69, 9.17) is 10.7 Å². The lowest BCUT2D eigenvalue weighted by Crippen LogP contribution is -2.62. The van der Waals surface area contributed by atoms with Crippen molar-refractivity contribution < 1.29 is 4.79 Å². The van der Waals surface area contributed by atoms with E-state index in [1.807, 2.05) is 12.1 Å². The molecule has 2 aromatic rings. The fourth-order valence-corrected chi connectivity index (χ4v) is 4.44. The van der Waals surface area contributed by atoms with Gasteiger partial charge in [-0.1, -0.05) is 19.9 Å². The number of hydrogen-bond donors (Lipinski definition) is 1. The molecule has 3 heterocycles. The quantitative estimate of drug-likeness (QED) is 0.854. The second kappa shape index (κ2) is 7.72. The fourth-order valence-electron chi connectivity index (χ4n) is 4.44. The normalized spacial score (nSPS) is 19.5. The molecular weight excluding hydrogens is 352 g/mol. The highest BCUT2D eigenvalue weighted by Gasteiger charge is 2.32. The van der Waals surface area contributed by atoms with Crippen LogP contribution < -0.4 is 10.6 Å². The molecule has 0 aliphatic carbocycles. The first kappa shape index (κ1) is 19.2. The van der Waals surface area contributed by atoms with Crippen molar-refractivity contribution in [2.75, 3.05) is 51.2 Å². The zero-order chi connectivity index (χ0) is 19.8. The molecule has 0 spiro atoms. The largest absolute Gasteiger partial charge is 0.367 e. The molecule has 1 aromatic carbocycles. The standard InChI is InChI=1S/C21H32N6O/c1-15(2)7-8-19-23-20-17(5-4-6-18(20)27(19)21(22)28)26-11-9-25(10-12-26)16-13-24(3)14-16/h4-6,15-16H,7-14H2,1-3H3,(H2,22,28). The van der Waals surface area contributed by atoms with E-state index in [9.17, 15) is 4.79 Å². The van der Waals surface area contributed by atoms with Crippen molar-refractivity contribution >= 4 is 22.8 Å². The summed E-state index contributed by atoms with van der Waals surface area (Å²) in [4.78, 5) is 24.4. The van der Waals surface area contributed by atoms with Gasteiger partial charge in [0.1, 0.15) is 11.3 Å². The van der Waals surface area contributed by atoms with Gasteiger partial charge in [-0.25, -0.2) is 14.3 Å². The van der Waals surface area contributed by atoms with E-state index in [1.165, 1.54) is 13.1 Å². The summed E-state index contributed by atoms with van der Waals surface area (Å²) in [6, 6.07) is 6.35. The molecule has 1 amide bonds. The van der Waals surface area contributed by atoms with Crippen molar-refractivity contribution in [3.05, 3.63) is 24.0 Å². The maximum atomic E-state index is 12.1. The molecule has 2 saturated heterocycles. The number of piperazine rings is 1. The van der Waals surface area contributed by atoms with E-state index in [0.717, 1.165) is 61.6 Å². The van der Waals surface area contributed by atoms with Crippen molar-refractivity contribution in [1.82, 2.24) is 19.4 Å². The maximum Gasteiger partial charge on any atom is 0.324 e. The smallest absolute Gasteiger partial charge is 0.324 e. The van der Waals surface area contributed by atoms with Gasteiger partial charge >= 0.3 is 6.03 Å². The number of likely N-dealkylation sites (tertiary alicyclic amines) is 1. The molecule has 2 fully saturated rings. The number of fused-ring (bicyclic) bond motifs is 1. The number of nitrogens with two attached hydrogens (primary N) is 1. The third-order valence-electron chi connectivity index (χ3n) is 6.12. The highest BCUT2D eigenvalue weighted by molar-refractivity contribution is 5.95. The number of amides is 1. The molecule has 2 aliphatic heterocycles. The molecule has 152 valence electrons. The lowest BCUT2D eigenvalue weighted by atomic mass is 10.1. The predicted octanol–water partition coefficient (Wildman–Crippen LogP) is 1.99. The Morgan fingerprint density at radius 3 is 2.54 bits per heavy atom. The van der Waals surface area contributed by atoms with E-state index in [1.54, 1.807) is 4.57 Å². The fraction of sp³-hybridized carbons (Fsp3) is 0.619. The molecule has 2 N–H and O–H groups in total. The molecule has 0 radical (unpaired) electrons. The number of imidazole rings is 1. The number of anilines is 1. The second-order valence-corrected chi connectivity index (χ2v) is 8.68. The third kappa shape index (κ3) is 3.61. The first-order valence-electron chi connectivity index (χ1n) is 10.4. The number of nitrogens with zero attached hydrogens (tertiary/aromatic N) is 5. The number of hydrogen-bond acceptors (Lipinski definition) is 5. The number of aryl methyl sites for hydroxylation is 1. The van der Waals surface area contributed by atoms with Crippen LogP contribution in [0, 0.1) is 5.92 Å². The number of benzene rings is 1. The van der Waals surface area contributed by atoms with Gasteiger partial charge in [-0.05, 0) is 31.5 Å². The number of carbonyl (C=O) groups is 1. The molecular formula is C21H32N6O. The van der Waals surface area contributed by atoms with E-state index in [0.29, 0.717) is 12.0 Å². The molecule has 0 atom stereocenters. The summed E-state index contributed by atoms with van der Waals surface area (Å²) >= 11 is 0. The van der Waals surface area contributed by atoms with Crippen molar-refractivity contribution in [3.8, 4) is 0 Å². The molecule has 7 heteroatoms. The summed E-state index contributed by atoms with van der Waals surface area (Å²) in [6.45, 7) is 10.9. The lowest BCUT2D eigenvalue weighted by molar-refractivity contribution is 0.0488. The van der Waals surface area contributed by atoms with Gasteiger partial charge in [-0.2, -0.15) is 0 Å². The summed E-state index contributed by atoms with van der Waals surface area (Å²) in [5.74, 6) is 1.33. The van der Waals surface area contributed by atoms with E-state index < -0.39 is 6.03 Å². The van der Waals surface area contributed by atoms with Crippen LogP contribution in [-0.4, -0.2) is 77.7 Å². The van der Waals surface area contributed by atoms with Crippen molar-refractivity contribution in [2.24, 2.45) is 11.7 Å². The van der Waals surface area contributed by atoms with E-state index >= 15 is 0 Å². The van der Waals surface area contributed by atoms with Crippen LogP contribution in [-0.2, 0) is 6.42 Å². The Morgan fingerprint density at radius 1 is 1.21 bits per heavy atom. The molecule has 28 heavy (non-hydrogen) atoms. The second-order valence-electron chi connectivity index (χ2n) is 8.68. The van der Waals surface area contributed by atoms with Gasteiger partial charge < -0.3 is 15.5 Å². The molecule has 0 saturated carbocycles. The van der Waals surface area contributed by atoms with Crippen LogP contribution in [0.15, 0.2) is 18.2 Å². The minimum atomic E-state index is -0.447. The lowest BCUT2D eigenvalue weighted by Gasteiger charge is -2.47. The summed E-state index contributed by atoms with van der Waals surface area (Å²) in [5, 5.41) is 0. The topological polar surface area (TPSA) is 70.6 Å². The zero-order valence-electron chi connectivity index (χ0n) is 17.3. The van der Waals surface area contributed by atoms with Crippen LogP contribution in [0.2, 0.25) is 0 Å². The summed E-state index contributed by atoms with van der Waals surface area (Å²) < 4.78 is 1.60. The molecule has 1 aromatic heterocycles. The minimum Gasteiger partial charge on any atom is -0.367 e. The minimum absolute atomic E-state index is 0.447. The Labute approximate surface area is 167 Å². The average molecular weight is 385 g/mol. The number of likely N-dealkylation sites (N-methyl/N-ethyl adjacent to an activating group) is 1. The van der Waals surface area contributed by atoms with Gasteiger partial charge in [0.05, 0.1) is 11.2 Å². The van der Waals surface area contributed by atoms with Gasteiger partial charge in [-0.15, -0.1) is 0 Å². The third-order valence-corrected chi connectivity index (χ3v) is 6.12. The first-order chi connectivity index (χ1) is 13.4. The molecule has 7 nitrogen and oxygen atoms in total. The Kier molecular flexibility index (Phi) is 5.29. The highest BCUT2D eigenvalue weighted by atomic mass is 16.2. The Hall–Kier alpha value is -2.12. The van der Waals surface area contributed by atoms with Crippen LogP contribution >= 0.6 is 0 Å². The Morgan fingerprint density at radius 2 is 1.93 bits per heavy atom. The first-order valence-corrected chi connectivity index (χ1v) is 10.4. The molecule has 4 rings (SSSR count). The van der Waals surface area contributed by atoms with E-state index in [2.05, 4.69) is 41.7 Å². The molecule has 0 unspecified atom stereocenters. The van der Waals surface area contributed by atoms with Crippen LogP contribution in [0.25, 0.3) is 11.0 Å². The van der Waals surface area contributed by atoms with Crippen LogP contribution in [0.1, 0.15) is 26.1 Å². The Bertz CT molecular complexity index is 846. The van der Waals surface area contributed by atoms with Gasteiger partial charge in [0.25, 0.3) is 0 Å². The number of aromatic nitrogens is 2. The summed E-state index contributed by atoms with van der Waals surface area (Å²) in [6.07, 6.45) is 1.75. The number of primary amides is 1. The summed E-state index contributed by atoms with van der Waals surface area (Å²) in [5.41, 5.74) is 8.55. The van der Waals surface area contributed by atoms with Crippen LogP contribution in [0.4, 0.5) is 10.5 Å². The van der Waals surface area contributed by atoms with Crippen molar-refractivity contribution in [3.63, 3.8) is 0 Å². The average Bonchev–Trinajstić information content (AvgIpc) is 3.03. The monoisotopic (exact) mass is 384 g/mol. The van der Waals surface area contributed by atoms with Crippen molar-refractivity contribution in [1.29, 1.82) is 0 Å². The number of rotatable bonds is 5. The van der Waals surface area contributed by atoms with Crippen molar-refractivity contribution in [2.45, 2.75) is 32.7 Å². The Balaban J connectivity index is 1.58. The zero-order valence-corrected chi connectivity index (χ0v) is 17.3. The van der Waals surface area contributed by atoms with Crippen LogP contribution in [0.3, 0.4) is 0 Å². The van der Waals surface area contributed by atoms with Gasteiger partial charge in [-0.3, -0.25) is 4.90 Å².